The Morgan fingerprint density at radius 1 is 0.912 bits per heavy atom. The van der Waals surface area contributed by atoms with E-state index in [0.717, 1.165) is 33.7 Å². The molecule has 0 aliphatic rings. The number of esters is 1. The van der Waals surface area contributed by atoms with Crippen molar-refractivity contribution in [3.05, 3.63) is 87.7 Å². The number of hydrogen-bond acceptors (Lipinski definition) is 4. The minimum absolute atomic E-state index is 0.0640. The van der Waals surface area contributed by atoms with Crippen LogP contribution in [0, 0.1) is 20.8 Å². The average Bonchev–Trinajstić information content (AvgIpc) is 3.12. The van der Waals surface area contributed by atoms with Gasteiger partial charge in [-0.15, -0.1) is 0 Å². The third kappa shape index (κ3) is 6.28. The number of methoxy groups -OCH3 is 1. The summed E-state index contributed by atoms with van der Waals surface area (Å²) in [7, 11) is 1.64. The van der Waals surface area contributed by atoms with E-state index in [4.69, 9.17) is 9.47 Å². The first-order valence-corrected chi connectivity index (χ1v) is 11.6. The number of nitrogens with one attached hydrogen (secondary N) is 1. The van der Waals surface area contributed by atoms with E-state index < -0.39 is 0 Å². The number of ether oxygens (including phenoxy) is 2. The highest BCUT2D eigenvalue weighted by Gasteiger charge is 2.22. The number of aromatic nitrogens is 1. The lowest BCUT2D eigenvalue weighted by atomic mass is 10.1. The molecule has 0 aliphatic heterocycles. The zero-order valence-corrected chi connectivity index (χ0v) is 20.7. The number of amides is 1. The molecule has 0 saturated heterocycles. The van der Waals surface area contributed by atoms with E-state index in [1.54, 1.807) is 14.0 Å². The van der Waals surface area contributed by atoms with Crippen LogP contribution in [0.2, 0.25) is 0 Å². The molecule has 1 amide bonds. The van der Waals surface area contributed by atoms with E-state index in [0.29, 0.717) is 38.2 Å². The largest absolute Gasteiger partial charge is 0.497 e. The fourth-order valence-electron chi connectivity index (χ4n) is 3.97. The summed E-state index contributed by atoms with van der Waals surface area (Å²) in [5.41, 5.74) is 6.44. The number of hydrogen-bond donors (Lipinski definition) is 1. The van der Waals surface area contributed by atoms with Crippen LogP contribution in [-0.2, 0) is 29.0 Å². The first kappa shape index (κ1) is 25.1. The zero-order chi connectivity index (χ0) is 24.7. The summed E-state index contributed by atoms with van der Waals surface area (Å²) in [5, 5.41) is 0. The molecule has 2 aromatic carbocycles. The molecule has 0 spiro atoms. The summed E-state index contributed by atoms with van der Waals surface area (Å²) in [6.45, 7) is 8.89. The quantitative estimate of drug-likeness (QED) is 0.416. The zero-order valence-electron chi connectivity index (χ0n) is 20.7. The Kier molecular flexibility index (Phi) is 8.52. The van der Waals surface area contributed by atoms with Gasteiger partial charge in [0.25, 0.3) is 0 Å². The molecule has 6 nitrogen and oxygen atoms in total. The molecule has 0 bridgehead atoms. The highest BCUT2D eigenvalue weighted by molar-refractivity contribution is 5.90. The Hall–Kier alpha value is -3.54. The van der Waals surface area contributed by atoms with E-state index >= 15 is 0 Å². The standard InChI is InChI=1S/C28H34N2O4/c1-6-34-28(32)27-20(3)25(21(4)29-27)18-30(17-23-9-7-19(2)8-10-23)26(31)16-13-22-11-14-24(33-5)15-12-22/h7-12,14-15,29H,6,13,16-18H2,1-5H3. The molecule has 1 N–H and O–H groups in total. The van der Waals surface area contributed by atoms with Crippen LogP contribution in [0.4, 0.5) is 0 Å². The molecule has 0 radical (unpaired) electrons. The number of rotatable bonds is 10. The molecule has 6 heteroatoms. The van der Waals surface area contributed by atoms with Crippen molar-refractivity contribution in [1.82, 2.24) is 9.88 Å². The van der Waals surface area contributed by atoms with Gasteiger partial charge in [0.1, 0.15) is 11.4 Å². The van der Waals surface area contributed by atoms with Crippen molar-refractivity contribution in [3.8, 4) is 5.75 Å². The highest BCUT2D eigenvalue weighted by atomic mass is 16.5. The summed E-state index contributed by atoms with van der Waals surface area (Å²) >= 11 is 0. The van der Waals surface area contributed by atoms with Crippen LogP contribution in [0.5, 0.6) is 5.75 Å². The fraction of sp³-hybridized carbons (Fsp3) is 0.357. The molecule has 180 valence electrons. The number of aromatic amines is 1. The van der Waals surface area contributed by atoms with E-state index in [1.807, 2.05) is 49.9 Å². The van der Waals surface area contributed by atoms with E-state index in [1.165, 1.54) is 5.56 Å². The van der Waals surface area contributed by atoms with Crippen molar-refractivity contribution in [2.24, 2.45) is 0 Å². The Balaban J connectivity index is 1.81. The van der Waals surface area contributed by atoms with Crippen molar-refractivity contribution in [2.75, 3.05) is 13.7 Å². The minimum Gasteiger partial charge on any atom is -0.497 e. The molecule has 3 rings (SSSR count). The summed E-state index contributed by atoms with van der Waals surface area (Å²) < 4.78 is 10.4. The van der Waals surface area contributed by atoms with Crippen LogP contribution in [0.15, 0.2) is 48.5 Å². The maximum atomic E-state index is 13.4. The van der Waals surface area contributed by atoms with Crippen LogP contribution in [0.1, 0.15) is 57.3 Å². The third-order valence-electron chi connectivity index (χ3n) is 6.05. The number of aryl methyl sites for hydroxylation is 3. The lowest BCUT2D eigenvalue weighted by Crippen LogP contribution is -2.30. The Morgan fingerprint density at radius 2 is 1.56 bits per heavy atom. The first-order valence-electron chi connectivity index (χ1n) is 11.6. The van der Waals surface area contributed by atoms with Gasteiger partial charge >= 0.3 is 5.97 Å². The van der Waals surface area contributed by atoms with Gasteiger partial charge in [-0.05, 0) is 68.5 Å². The molecule has 1 heterocycles. The van der Waals surface area contributed by atoms with Crippen LogP contribution in [-0.4, -0.2) is 35.5 Å². The first-order chi connectivity index (χ1) is 16.3. The van der Waals surface area contributed by atoms with Gasteiger partial charge in [0.2, 0.25) is 5.91 Å². The van der Waals surface area contributed by atoms with Gasteiger partial charge in [-0.2, -0.15) is 0 Å². The van der Waals surface area contributed by atoms with E-state index in [2.05, 4.69) is 29.2 Å². The van der Waals surface area contributed by atoms with Crippen LogP contribution in [0.25, 0.3) is 0 Å². The molecule has 0 atom stereocenters. The molecule has 0 aliphatic carbocycles. The van der Waals surface area contributed by atoms with Crippen LogP contribution < -0.4 is 4.74 Å². The van der Waals surface area contributed by atoms with E-state index in [9.17, 15) is 9.59 Å². The average molecular weight is 463 g/mol. The van der Waals surface area contributed by atoms with Gasteiger partial charge in [-0.25, -0.2) is 4.79 Å². The summed E-state index contributed by atoms with van der Waals surface area (Å²) in [6.07, 6.45) is 1.04. The second-order valence-corrected chi connectivity index (χ2v) is 8.53. The van der Waals surface area contributed by atoms with Gasteiger partial charge in [0.15, 0.2) is 0 Å². The van der Waals surface area contributed by atoms with Crippen LogP contribution >= 0.6 is 0 Å². The molecular formula is C28H34N2O4. The topological polar surface area (TPSA) is 71.6 Å². The number of carbonyl (C=O) groups is 2. The molecular weight excluding hydrogens is 428 g/mol. The van der Waals surface area contributed by atoms with Crippen molar-refractivity contribution >= 4 is 11.9 Å². The maximum absolute atomic E-state index is 13.4. The van der Waals surface area contributed by atoms with Crippen LogP contribution in [0.3, 0.4) is 0 Å². The minimum atomic E-state index is -0.370. The molecule has 0 fully saturated rings. The number of nitrogens with zero attached hydrogens (tertiary/aromatic N) is 1. The van der Waals surface area contributed by atoms with Gasteiger partial charge in [0, 0.05) is 25.2 Å². The van der Waals surface area contributed by atoms with Crippen molar-refractivity contribution < 1.29 is 19.1 Å². The molecule has 0 unspecified atom stereocenters. The smallest absolute Gasteiger partial charge is 0.355 e. The fourth-order valence-corrected chi connectivity index (χ4v) is 3.97. The lowest BCUT2D eigenvalue weighted by Gasteiger charge is -2.24. The SMILES string of the molecule is CCOC(=O)c1[nH]c(C)c(CN(Cc2ccc(C)cc2)C(=O)CCc2ccc(OC)cc2)c1C. The Labute approximate surface area is 201 Å². The number of carbonyl (C=O) groups excluding carboxylic acids is 2. The molecule has 34 heavy (non-hydrogen) atoms. The van der Waals surface area contributed by atoms with E-state index in [-0.39, 0.29) is 11.9 Å². The van der Waals surface area contributed by atoms with Gasteiger partial charge in [-0.1, -0.05) is 42.0 Å². The highest BCUT2D eigenvalue weighted by Crippen LogP contribution is 2.23. The third-order valence-corrected chi connectivity index (χ3v) is 6.05. The Bertz CT molecular complexity index is 1110. The monoisotopic (exact) mass is 462 g/mol. The Morgan fingerprint density at radius 3 is 2.18 bits per heavy atom. The molecule has 3 aromatic rings. The summed E-state index contributed by atoms with van der Waals surface area (Å²) in [6, 6.07) is 16.0. The van der Waals surface area contributed by atoms with Gasteiger partial charge in [0.05, 0.1) is 13.7 Å². The van der Waals surface area contributed by atoms with Crippen molar-refractivity contribution in [1.29, 1.82) is 0 Å². The number of H-pyrrole nitrogens is 1. The second-order valence-electron chi connectivity index (χ2n) is 8.53. The van der Waals surface area contributed by atoms with Crippen molar-refractivity contribution in [3.63, 3.8) is 0 Å². The normalized spacial score (nSPS) is 10.7. The second kappa shape index (κ2) is 11.5. The van der Waals surface area contributed by atoms with Crippen molar-refractivity contribution in [2.45, 2.75) is 53.6 Å². The lowest BCUT2D eigenvalue weighted by molar-refractivity contribution is -0.132. The number of benzene rings is 2. The predicted molar refractivity (Wildman–Crippen MR) is 133 cm³/mol. The maximum Gasteiger partial charge on any atom is 0.355 e. The molecule has 0 saturated carbocycles. The predicted octanol–water partition coefficient (Wildman–Crippen LogP) is 5.29. The summed E-state index contributed by atoms with van der Waals surface area (Å²) in [5.74, 6) is 0.492. The molecule has 1 aromatic heterocycles. The van der Waals surface area contributed by atoms with Gasteiger partial charge in [-0.3, -0.25) is 4.79 Å². The van der Waals surface area contributed by atoms with Gasteiger partial charge < -0.3 is 19.4 Å². The summed E-state index contributed by atoms with van der Waals surface area (Å²) in [4.78, 5) is 30.7.